The van der Waals surface area contributed by atoms with Gasteiger partial charge >= 0.3 is 10.1 Å². The monoisotopic (exact) mass is 554 g/mol. The highest BCUT2D eigenvalue weighted by Gasteiger charge is 2.22. The van der Waals surface area contributed by atoms with Crippen LogP contribution in [-0.2, 0) is 14.9 Å². The predicted molar refractivity (Wildman–Crippen MR) is 138 cm³/mol. The van der Waals surface area contributed by atoms with E-state index in [9.17, 15) is 18.5 Å². The van der Waals surface area contributed by atoms with Crippen LogP contribution in [0, 0.1) is 32.1 Å². The van der Waals surface area contributed by atoms with Crippen LogP contribution in [-0.4, -0.2) is 21.4 Å². The van der Waals surface area contributed by atoms with Gasteiger partial charge < -0.3 is 14.2 Å². The molecule has 0 spiro atoms. The minimum atomic E-state index is -4.12. The molecule has 9 heteroatoms. The Balaban J connectivity index is 1.92. The molecule has 0 atom stereocenters. The van der Waals surface area contributed by atoms with Crippen LogP contribution in [0.15, 0.2) is 69.5 Å². The van der Waals surface area contributed by atoms with Gasteiger partial charge in [0.1, 0.15) is 16.5 Å². The van der Waals surface area contributed by atoms with Crippen molar-refractivity contribution in [3.05, 3.63) is 86.9 Å². The third-order valence-electron chi connectivity index (χ3n) is 5.28. The summed E-state index contributed by atoms with van der Waals surface area (Å²) in [5.74, 6) is -0.518. The Bertz CT molecular complexity index is 1460. The molecular formula is C26H23BrN2O5S. The Kier molecular flexibility index (Phi) is 7.99. The molecule has 0 radical (unpaired) electrons. The molecule has 0 bridgehead atoms. The number of methoxy groups -OCH3 is 1. The van der Waals surface area contributed by atoms with Gasteiger partial charge in [-0.1, -0.05) is 29.8 Å². The van der Waals surface area contributed by atoms with E-state index in [4.69, 9.17) is 8.92 Å². The van der Waals surface area contributed by atoms with Gasteiger partial charge in [-0.15, -0.1) is 0 Å². The summed E-state index contributed by atoms with van der Waals surface area (Å²) in [6, 6.07) is 16.7. The lowest BCUT2D eigenvalue weighted by Gasteiger charge is -2.14. The number of rotatable bonds is 7. The van der Waals surface area contributed by atoms with Crippen molar-refractivity contribution < 1.29 is 22.1 Å². The fraction of sp³-hybridized carbons (Fsp3) is 0.154. The number of carbonyl (C=O) groups excluding carboxylic acids is 1. The number of nitriles is 1. The van der Waals surface area contributed by atoms with Crippen LogP contribution in [0.25, 0.3) is 6.08 Å². The number of nitrogens with zero attached hydrogens (tertiary/aromatic N) is 1. The maximum atomic E-state index is 12.8. The number of ether oxygens (including phenoxy) is 1. The van der Waals surface area contributed by atoms with Gasteiger partial charge in [0.25, 0.3) is 5.91 Å². The zero-order chi connectivity index (χ0) is 25.8. The summed E-state index contributed by atoms with van der Waals surface area (Å²) in [6.45, 7) is 5.66. The second-order valence-electron chi connectivity index (χ2n) is 7.76. The van der Waals surface area contributed by atoms with Crippen molar-refractivity contribution >= 4 is 43.7 Å². The molecule has 0 saturated carbocycles. The van der Waals surface area contributed by atoms with Crippen molar-refractivity contribution in [3.63, 3.8) is 0 Å². The maximum absolute atomic E-state index is 12.8. The van der Waals surface area contributed by atoms with Gasteiger partial charge in [-0.2, -0.15) is 13.7 Å². The first-order valence-electron chi connectivity index (χ1n) is 10.4. The van der Waals surface area contributed by atoms with E-state index in [0.717, 1.165) is 16.7 Å². The van der Waals surface area contributed by atoms with E-state index in [0.29, 0.717) is 11.3 Å². The van der Waals surface area contributed by atoms with Crippen molar-refractivity contribution in [2.24, 2.45) is 0 Å². The lowest BCUT2D eigenvalue weighted by atomic mass is 10.1. The molecule has 180 valence electrons. The summed E-state index contributed by atoms with van der Waals surface area (Å²) in [5.41, 5.74) is 3.73. The van der Waals surface area contributed by atoms with Gasteiger partial charge in [0.05, 0.1) is 11.6 Å². The smallest absolute Gasteiger partial charge is 0.339 e. The first-order chi connectivity index (χ1) is 16.6. The number of amides is 1. The standard InChI is InChI=1S/C26H23BrN2O5S/c1-16-8-10-21(11-9-16)35(31,32)34-25-22(27)13-19(14-24(25)33-4)12-20(15-28)26(30)29-23-7-5-6-17(2)18(23)3/h5-14H,1-4H3,(H,29,30)/b20-12+. The van der Waals surface area contributed by atoms with Gasteiger partial charge in [-0.25, -0.2) is 0 Å². The number of hydrogen-bond donors (Lipinski definition) is 1. The topological polar surface area (TPSA) is 105 Å². The SMILES string of the molecule is COc1cc(/C=C(\C#N)C(=O)Nc2cccc(C)c2C)cc(Br)c1OS(=O)(=O)c1ccc(C)cc1. The molecule has 0 unspecified atom stereocenters. The molecule has 1 N–H and O–H groups in total. The first kappa shape index (κ1) is 26.0. The van der Waals surface area contributed by atoms with Crippen molar-refractivity contribution in [2.45, 2.75) is 25.7 Å². The van der Waals surface area contributed by atoms with Crippen LogP contribution in [0.5, 0.6) is 11.5 Å². The molecule has 3 aromatic carbocycles. The average Bonchev–Trinajstić information content (AvgIpc) is 2.82. The fourth-order valence-corrected chi connectivity index (χ4v) is 4.76. The fourth-order valence-electron chi connectivity index (χ4n) is 3.16. The molecule has 0 aliphatic rings. The number of nitrogens with one attached hydrogen (secondary N) is 1. The number of anilines is 1. The third-order valence-corrected chi connectivity index (χ3v) is 7.11. The van der Waals surface area contributed by atoms with Crippen molar-refractivity contribution in [3.8, 4) is 17.6 Å². The van der Waals surface area contributed by atoms with Gasteiger partial charge in [0.2, 0.25) is 0 Å². The highest BCUT2D eigenvalue weighted by molar-refractivity contribution is 9.10. The molecule has 0 heterocycles. The summed E-state index contributed by atoms with van der Waals surface area (Å²) in [5, 5.41) is 12.3. The Labute approximate surface area is 213 Å². The van der Waals surface area contributed by atoms with Crippen molar-refractivity contribution in [2.75, 3.05) is 12.4 Å². The van der Waals surface area contributed by atoms with Gasteiger partial charge in [-0.05, 0) is 89.8 Å². The molecule has 3 rings (SSSR count). The minimum absolute atomic E-state index is 0.00379. The largest absolute Gasteiger partial charge is 0.493 e. The highest BCUT2D eigenvalue weighted by Crippen LogP contribution is 2.39. The van der Waals surface area contributed by atoms with E-state index in [1.165, 1.54) is 37.5 Å². The van der Waals surface area contributed by atoms with Crippen LogP contribution in [0.3, 0.4) is 0 Å². The number of carbonyl (C=O) groups is 1. The summed E-state index contributed by atoms with van der Waals surface area (Å²) in [6.07, 6.45) is 1.38. The zero-order valence-corrected chi connectivity index (χ0v) is 22.0. The van der Waals surface area contributed by atoms with Crippen LogP contribution in [0.1, 0.15) is 22.3 Å². The Hall–Kier alpha value is -3.61. The molecule has 0 aromatic heterocycles. The molecule has 35 heavy (non-hydrogen) atoms. The quantitative estimate of drug-likeness (QED) is 0.228. The number of halogens is 1. The van der Waals surface area contributed by atoms with E-state index in [2.05, 4.69) is 21.2 Å². The van der Waals surface area contributed by atoms with E-state index in [1.807, 2.05) is 39.0 Å². The predicted octanol–water partition coefficient (Wildman–Crippen LogP) is 5.70. The maximum Gasteiger partial charge on any atom is 0.339 e. The normalized spacial score (nSPS) is 11.5. The number of hydrogen-bond acceptors (Lipinski definition) is 6. The van der Waals surface area contributed by atoms with E-state index in [1.54, 1.807) is 18.2 Å². The van der Waals surface area contributed by atoms with Gasteiger partial charge in [0, 0.05) is 5.69 Å². The number of aryl methyl sites for hydroxylation is 2. The summed E-state index contributed by atoms with van der Waals surface area (Å²) in [7, 11) is -2.76. The van der Waals surface area contributed by atoms with Gasteiger partial charge in [-0.3, -0.25) is 4.79 Å². The minimum Gasteiger partial charge on any atom is -0.493 e. The zero-order valence-electron chi connectivity index (χ0n) is 19.5. The van der Waals surface area contributed by atoms with E-state index < -0.39 is 16.0 Å². The van der Waals surface area contributed by atoms with Gasteiger partial charge in [0.15, 0.2) is 11.5 Å². The van der Waals surface area contributed by atoms with E-state index in [-0.39, 0.29) is 26.4 Å². The highest BCUT2D eigenvalue weighted by atomic mass is 79.9. The average molecular weight is 555 g/mol. The van der Waals surface area contributed by atoms with Crippen LogP contribution < -0.4 is 14.2 Å². The van der Waals surface area contributed by atoms with Crippen LogP contribution in [0.4, 0.5) is 5.69 Å². The summed E-state index contributed by atoms with van der Waals surface area (Å²) < 4.78 is 36.5. The van der Waals surface area contributed by atoms with Crippen molar-refractivity contribution in [1.82, 2.24) is 0 Å². The molecule has 7 nitrogen and oxygen atoms in total. The van der Waals surface area contributed by atoms with E-state index >= 15 is 0 Å². The Morgan fingerprint density at radius 1 is 1.09 bits per heavy atom. The second kappa shape index (κ2) is 10.8. The second-order valence-corrected chi connectivity index (χ2v) is 10.2. The molecule has 1 amide bonds. The summed E-state index contributed by atoms with van der Waals surface area (Å²) >= 11 is 3.31. The third kappa shape index (κ3) is 6.10. The Morgan fingerprint density at radius 2 is 1.77 bits per heavy atom. The molecule has 0 aliphatic heterocycles. The first-order valence-corrected chi connectivity index (χ1v) is 12.6. The molecular weight excluding hydrogens is 532 g/mol. The Morgan fingerprint density at radius 3 is 2.40 bits per heavy atom. The molecule has 0 saturated heterocycles. The van der Waals surface area contributed by atoms with Crippen molar-refractivity contribution in [1.29, 1.82) is 5.26 Å². The van der Waals surface area contributed by atoms with Crippen LogP contribution in [0.2, 0.25) is 0 Å². The molecule has 0 fully saturated rings. The molecule has 0 aliphatic carbocycles. The molecule has 3 aromatic rings. The number of benzene rings is 3. The lowest BCUT2D eigenvalue weighted by Crippen LogP contribution is -2.14. The lowest BCUT2D eigenvalue weighted by molar-refractivity contribution is -0.112. The van der Waals surface area contributed by atoms with Crippen LogP contribution >= 0.6 is 15.9 Å². The summed E-state index contributed by atoms with van der Waals surface area (Å²) in [4.78, 5) is 12.7.